The summed E-state index contributed by atoms with van der Waals surface area (Å²) in [7, 11) is -4.02. The van der Waals surface area contributed by atoms with Crippen LogP contribution in [-0.4, -0.2) is 33.2 Å². The van der Waals surface area contributed by atoms with Crippen LogP contribution in [0.1, 0.15) is 11.1 Å². The van der Waals surface area contributed by atoms with E-state index in [0.29, 0.717) is 23.1 Å². The summed E-state index contributed by atoms with van der Waals surface area (Å²) in [5.41, 5.74) is 2.14. The Morgan fingerprint density at radius 1 is 1.03 bits per heavy atom. The highest BCUT2D eigenvalue weighted by Crippen LogP contribution is 2.24. The predicted molar refractivity (Wildman–Crippen MR) is 133 cm³/mol. The fourth-order valence-corrected chi connectivity index (χ4v) is 5.57. The number of rotatable bonds is 10. The van der Waals surface area contributed by atoms with Gasteiger partial charge in [0.25, 0.3) is 10.0 Å². The van der Waals surface area contributed by atoms with E-state index in [-0.39, 0.29) is 10.6 Å². The molecule has 0 atom stereocenters. The summed E-state index contributed by atoms with van der Waals surface area (Å²) in [6, 6.07) is 18.9. The average molecular weight is 507 g/mol. The molecule has 174 valence electrons. The van der Waals surface area contributed by atoms with Crippen LogP contribution in [0.5, 0.6) is 0 Å². The van der Waals surface area contributed by atoms with Crippen LogP contribution in [0.4, 0.5) is 10.1 Å². The quantitative estimate of drug-likeness (QED) is 0.391. The number of halogens is 2. The van der Waals surface area contributed by atoms with Crippen LogP contribution in [0.25, 0.3) is 0 Å². The Hall–Kier alpha value is -2.55. The first-order chi connectivity index (χ1) is 15.8. The molecule has 0 bridgehead atoms. The number of carbonyl (C=O) groups is 1. The topological polar surface area (TPSA) is 66.5 Å². The zero-order valence-corrected chi connectivity index (χ0v) is 20.4. The maximum Gasteiger partial charge on any atom is 0.264 e. The number of nitrogens with zero attached hydrogens (tertiary/aromatic N) is 1. The van der Waals surface area contributed by atoms with Crippen LogP contribution in [0.2, 0.25) is 5.02 Å². The van der Waals surface area contributed by atoms with Crippen molar-refractivity contribution in [2.45, 2.75) is 17.6 Å². The first-order valence-corrected chi connectivity index (χ1v) is 13.2. The lowest BCUT2D eigenvalue weighted by Crippen LogP contribution is -2.41. The number of anilines is 1. The maximum atomic E-state index is 13.4. The molecule has 1 amide bonds. The molecule has 33 heavy (non-hydrogen) atoms. The van der Waals surface area contributed by atoms with Crippen LogP contribution in [0.15, 0.2) is 77.7 Å². The van der Waals surface area contributed by atoms with Crippen LogP contribution >= 0.6 is 23.4 Å². The Labute approximate surface area is 203 Å². The van der Waals surface area contributed by atoms with Crippen molar-refractivity contribution in [1.82, 2.24) is 5.32 Å². The van der Waals surface area contributed by atoms with Crippen LogP contribution in [0, 0.1) is 12.7 Å². The van der Waals surface area contributed by atoms with E-state index in [1.807, 2.05) is 31.2 Å². The van der Waals surface area contributed by atoms with Gasteiger partial charge in [0.2, 0.25) is 5.91 Å². The molecule has 1 N–H and O–H groups in total. The Morgan fingerprint density at radius 2 is 1.70 bits per heavy atom. The van der Waals surface area contributed by atoms with Crippen LogP contribution in [0.3, 0.4) is 0 Å². The number of amides is 1. The molecule has 0 aliphatic rings. The van der Waals surface area contributed by atoms with Gasteiger partial charge in [0.1, 0.15) is 12.4 Å². The number of carbonyl (C=O) groups excluding carboxylic acids is 1. The molecule has 9 heteroatoms. The standard InChI is InChI=1S/C24H24ClFN2O3S2/c1-18-6-12-22(13-7-18)33(30,31)28(21-10-8-20(26)9-11-21)16-24(29)27-14-15-32-17-19-4-2-3-5-23(19)25/h2-13H,14-17H2,1H3,(H,27,29). The maximum absolute atomic E-state index is 13.4. The molecule has 0 saturated heterocycles. The van der Waals surface area contributed by atoms with E-state index in [0.717, 1.165) is 27.6 Å². The Morgan fingerprint density at radius 3 is 2.36 bits per heavy atom. The fraction of sp³-hybridized carbons (Fsp3) is 0.208. The summed E-state index contributed by atoms with van der Waals surface area (Å²) < 4.78 is 40.9. The molecule has 5 nitrogen and oxygen atoms in total. The minimum absolute atomic E-state index is 0.0560. The molecule has 3 rings (SSSR count). The van der Waals surface area contributed by atoms with Crippen molar-refractivity contribution in [2.24, 2.45) is 0 Å². The van der Waals surface area contributed by atoms with E-state index in [1.54, 1.807) is 23.9 Å². The minimum atomic E-state index is -4.02. The van der Waals surface area contributed by atoms with Gasteiger partial charge in [0, 0.05) is 23.1 Å². The Bertz CT molecular complexity index is 1190. The van der Waals surface area contributed by atoms with Gasteiger partial charge in [-0.15, -0.1) is 0 Å². The average Bonchev–Trinajstić information content (AvgIpc) is 2.79. The molecule has 3 aromatic rings. The third-order valence-electron chi connectivity index (χ3n) is 4.79. The molecule has 0 aliphatic heterocycles. The first-order valence-electron chi connectivity index (χ1n) is 10.2. The SMILES string of the molecule is Cc1ccc(S(=O)(=O)N(CC(=O)NCCSCc2ccccc2Cl)c2ccc(F)cc2)cc1. The van der Waals surface area contributed by atoms with Crippen molar-refractivity contribution in [3.05, 3.63) is 94.8 Å². The molecule has 0 saturated carbocycles. The zero-order valence-electron chi connectivity index (χ0n) is 18.0. The number of hydrogen-bond donors (Lipinski definition) is 1. The molecule has 0 fully saturated rings. The number of aryl methyl sites for hydroxylation is 1. The first kappa shape index (κ1) is 25.1. The number of thioether (sulfide) groups is 1. The van der Waals surface area contributed by atoms with Gasteiger partial charge >= 0.3 is 0 Å². The highest BCUT2D eigenvalue weighted by molar-refractivity contribution is 7.98. The molecular weight excluding hydrogens is 483 g/mol. The number of sulfonamides is 1. The second-order valence-electron chi connectivity index (χ2n) is 7.30. The van der Waals surface area contributed by atoms with Gasteiger partial charge in [-0.25, -0.2) is 12.8 Å². The van der Waals surface area contributed by atoms with Gasteiger partial charge in [-0.1, -0.05) is 47.5 Å². The summed E-state index contributed by atoms with van der Waals surface area (Å²) in [6.45, 7) is 1.80. The second-order valence-corrected chi connectivity index (χ2v) is 10.7. The number of hydrogen-bond acceptors (Lipinski definition) is 4. The van der Waals surface area contributed by atoms with Gasteiger partial charge in [-0.05, 0) is 55.0 Å². The van der Waals surface area contributed by atoms with Gasteiger partial charge in [-0.3, -0.25) is 9.10 Å². The van der Waals surface area contributed by atoms with Gasteiger partial charge in [0.15, 0.2) is 0 Å². The van der Waals surface area contributed by atoms with E-state index in [2.05, 4.69) is 5.32 Å². The van der Waals surface area contributed by atoms with E-state index >= 15 is 0 Å². The summed E-state index contributed by atoms with van der Waals surface area (Å²) in [4.78, 5) is 12.6. The lowest BCUT2D eigenvalue weighted by molar-refractivity contribution is -0.119. The lowest BCUT2D eigenvalue weighted by Gasteiger charge is -2.24. The Kier molecular flexibility index (Phi) is 8.77. The molecule has 0 unspecified atom stereocenters. The molecular formula is C24H24ClFN2O3S2. The Balaban J connectivity index is 1.64. The van der Waals surface area contributed by atoms with Crippen molar-refractivity contribution >= 4 is 45.0 Å². The summed E-state index contributed by atoms with van der Waals surface area (Å²) in [6.07, 6.45) is 0. The number of benzene rings is 3. The normalized spacial score (nSPS) is 11.2. The van der Waals surface area contributed by atoms with Crippen molar-refractivity contribution in [3.8, 4) is 0 Å². The van der Waals surface area contributed by atoms with Crippen molar-refractivity contribution in [2.75, 3.05) is 23.1 Å². The third-order valence-corrected chi connectivity index (χ3v) is 7.96. The molecule has 0 aromatic heterocycles. The highest BCUT2D eigenvalue weighted by atomic mass is 35.5. The summed E-state index contributed by atoms with van der Waals surface area (Å²) >= 11 is 7.76. The van der Waals surface area contributed by atoms with Crippen molar-refractivity contribution in [1.29, 1.82) is 0 Å². The molecule has 0 heterocycles. The zero-order chi connectivity index (χ0) is 23.8. The van der Waals surface area contributed by atoms with Gasteiger partial charge in [0.05, 0.1) is 10.6 Å². The van der Waals surface area contributed by atoms with E-state index in [4.69, 9.17) is 11.6 Å². The van der Waals surface area contributed by atoms with Gasteiger partial charge < -0.3 is 5.32 Å². The van der Waals surface area contributed by atoms with E-state index in [1.165, 1.54) is 24.3 Å². The largest absolute Gasteiger partial charge is 0.354 e. The van der Waals surface area contributed by atoms with Gasteiger partial charge in [-0.2, -0.15) is 11.8 Å². The smallest absolute Gasteiger partial charge is 0.264 e. The van der Waals surface area contributed by atoms with Crippen molar-refractivity contribution < 1.29 is 17.6 Å². The predicted octanol–water partition coefficient (Wildman–Crippen LogP) is 5.03. The second kappa shape index (κ2) is 11.5. The van der Waals surface area contributed by atoms with E-state index < -0.39 is 28.3 Å². The molecule has 0 spiro atoms. The monoisotopic (exact) mass is 506 g/mol. The van der Waals surface area contributed by atoms with Crippen molar-refractivity contribution in [3.63, 3.8) is 0 Å². The van der Waals surface area contributed by atoms with Crippen LogP contribution in [-0.2, 0) is 20.6 Å². The fourth-order valence-electron chi connectivity index (χ4n) is 3.01. The molecule has 0 radical (unpaired) electrons. The molecule has 0 aliphatic carbocycles. The number of nitrogens with one attached hydrogen (secondary N) is 1. The highest BCUT2D eigenvalue weighted by Gasteiger charge is 2.27. The summed E-state index contributed by atoms with van der Waals surface area (Å²) in [5, 5.41) is 3.45. The third kappa shape index (κ3) is 6.96. The lowest BCUT2D eigenvalue weighted by atomic mass is 10.2. The van der Waals surface area contributed by atoms with Crippen LogP contribution < -0.4 is 9.62 Å². The summed E-state index contributed by atoms with van der Waals surface area (Å²) in [5.74, 6) is 0.400. The molecule has 3 aromatic carbocycles. The minimum Gasteiger partial charge on any atom is -0.354 e. The van der Waals surface area contributed by atoms with E-state index in [9.17, 15) is 17.6 Å².